The van der Waals surface area contributed by atoms with Gasteiger partial charge in [0.2, 0.25) is 0 Å². The minimum absolute atomic E-state index is 0.741. The molecule has 0 aliphatic heterocycles. The Morgan fingerprint density at radius 2 is 2.00 bits per heavy atom. The predicted molar refractivity (Wildman–Crippen MR) is 56.3 cm³/mol. The molecule has 0 heterocycles. The molecule has 0 amide bonds. The number of benzene rings is 1. The molecule has 3 heteroatoms. The molecular weight excluding hydrogens is 182 g/mol. The molecule has 0 aromatic heterocycles. The Balaban J connectivity index is 2.40. The average molecular weight is 197 g/mol. The summed E-state index contributed by atoms with van der Waals surface area (Å²) < 4.78 is 11.6. The van der Waals surface area contributed by atoms with Crippen molar-refractivity contribution in [1.82, 2.24) is 5.32 Å². The number of hydrogen-bond acceptors (Lipinski definition) is 2. The van der Waals surface area contributed by atoms with Gasteiger partial charge in [-0.3, -0.25) is 4.21 Å². The first-order chi connectivity index (χ1) is 6.34. The molecular formula is C10H15NOS. The van der Waals surface area contributed by atoms with Crippen LogP contribution in [0, 0.1) is 0 Å². The highest BCUT2D eigenvalue weighted by molar-refractivity contribution is 7.85. The van der Waals surface area contributed by atoms with Gasteiger partial charge in [0.1, 0.15) is 0 Å². The third-order valence-electron chi connectivity index (χ3n) is 1.76. The largest absolute Gasteiger partial charge is 0.320 e. The van der Waals surface area contributed by atoms with Crippen LogP contribution >= 0.6 is 0 Å². The second-order valence-corrected chi connectivity index (χ2v) is 4.39. The zero-order chi connectivity index (χ0) is 9.52. The lowest BCUT2D eigenvalue weighted by molar-refractivity contribution is 0.677. The Morgan fingerprint density at radius 1 is 1.31 bits per heavy atom. The topological polar surface area (TPSA) is 29.1 Å². The van der Waals surface area contributed by atoms with E-state index in [1.54, 1.807) is 0 Å². The highest BCUT2D eigenvalue weighted by Crippen LogP contribution is 2.05. The second kappa shape index (κ2) is 5.89. The first-order valence-corrected chi connectivity index (χ1v) is 5.74. The van der Waals surface area contributed by atoms with E-state index in [-0.39, 0.29) is 0 Å². The van der Waals surface area contributed by atoms with Gasteiger partial charge in [-0.25, -0.2) is 0 Å². The molecule has 0 radical (unpaired) electrons. The van der Waals surface area contributed by atoms with Crippen molar-refractivity contribution in [3.05, 3.63) is 30.3 Å². The van der Waals surface area contributed by atoms with Gasteiger partial charge in [-0.15, -0.1) is 0 Å². The fourth-order valence-corrected chi connectivity index (χ4v) is 2.17. The molecule has 72 valence electrons. The number of hydrogen-bond donors (Lipinski definition) is 1. The third-order valence-corrected chi connectivity index (χ3v) is 3.22. The van der Waals surface area contributed by atoms with Crippen molar-refractivity contribution >= 4 is 10.8 Å². The molecule has 0 fully saturated rings. The fourth-order valence-electron chi connectivity index (χ4n) is 1.07. The van der Waals surface area contributed by atoms with E-state index < -0.39 is 10.8 Å². The van der Waals surface area contributed by atoms with Crippen molar-refractivity contribution in [2.75, 3.05) is 19.3 Å². The van der Waals surface area contributed by atoms with Crippen LogP contribution in [0.1, 0.15) is 6.42 Å². The molecule has 0 bridgehead atoms. The molecule has 1 N–H and O–H groups in total. The summed E-state index contributed by atoms with van der Waals surface area (Å²) in [4.78, 5) is 0.929. The molecule has 0 saturated carbocycles. The second-order valence-electron chi connectivity index (χ2n) is 2.82. The van der Waals surface area contributed by atoms with Crippen molar-refractivity contribution in [2.24, 2.45) is 0 Å². The van der Waals surface area contributed by atoms with Gasteiger partial charge in [0.05, 0.1) is 10.8 Å². The third kappa shape index (κ3) is 3.70. The Hall–Kier alpha value is -0.670. The Kier molecular flexibility index (Phi) is 4.72. The summed E-state index contributed by atoms with van der Waals surface area (Å²) in [5.74, 6) is 0.741. The van der Waals surface area contributed by atoms with E-state index in [4.69, 9.17) is 0 Å². The lowest BCUT2D eigenvalue weighted by Crippen LogP contribution is -2.11. The first kappa shape index (κ1) is 10.4. The monoisotopic (exact) mass is 197 g/mol. The normalized spacial score (nSPS) is 12.7. The van der Waals surface area contributed by atoms with E-state index in [9.17, 15) is 4.21 Å². The van der Waals surface area contributed by atoms with E-state index >= 15 is 0 Å². The lowest BCUT2D eigenvalue weighted by atomic mass is 10.4. The summed E-state index contributed by atoms with van der Waals surface area (Å²) in [6, 6.07) is 9.61. The maximum absolute atomic E-state index is 11.6. The van der Waals surface area contributed by atoms with Crippen LogP contribution in [0.5, 0.6) is 0 Å². The van der Waals surface area contributed by atoms with Crippen molar-refractivity contribution in [3.8, 4) is 0 Å². The molecule has 0 saturated heterocycles. The van der Waals surface area contributed by atoms with Crippen LogP contribution in [0.3, 0.4) is 0 Å². The number of rotatable bonds is 5. The van der Waals surface area contributed by atoms with Crippen LogP contribution in [0.4, 0.5) is 0 Å². The molecule has 0 aliphatic rings. The van der Waals surface area contributed by atoms with Gasteiger partial charge < -0.3 is 5.32 Å². The summed E-state index contributed by atoms with van der Waals surface area (Å²) in [5, 5.41) is 3.04. The van der Waals surface area contributed by atoms with Crippen LogP contribution in [0.15, 0.2) is 35.2 Å². The molecule has 0 aliphatic carbocycles. The van der Waals surface area contributed by atoms with Crippen molar-refractivity contribution in [3.63, 3.8) is 0 Å². The van der Waals surface area contributed by atoms with Crippen LogP contribution < -0.4 is 5.32 Å². The molecule has 1 aromatic carbocycles. The highest BCUT2D eigenvalue weighted by atomic mass is 32.2. The number of nitrogens with one attached hydrogen (secondary N) is 1. The summed E-state index contributed by atoms with van der Waals surface area (Å²) in [6.45, 7) is 0.929. The van der Waals surface area contributed by atoms with Gasteiger partial charge in [0.15, 0.2) is 0 Å². The lowest BCUT2D eigenvalue weighted by Gasteiger charge is -2.01. The molecule has 1 aromatic rings. The van der Waals surface area contributed by atoms with Crippen molar-refractivity contribution in [2.45, 2.75) is 11.3 Å². The van der Waals surface area contributed by atoms with E-state index in [2.05, 4.69) is 5.32 Å². The van der Waals surface area contributed by atoms with Gasteiger partial charge in [-0.1, -0.05) is 18.2 Å². The van der Waals surface area contributed by atoms with Crippen LogP contribution in [0.25, 0.3) is 0 Å². The zero-order valence-electron chi connectivity index (χ0n) is 7.82. The Bertz CT molecular complexity index is 261. The maximum Gasteiger partial charge on any atom is 0.0529 e. The molecule has 13 heavy (non-hydrogen) atoms. The van der Waals surface area contributed by atoms with Crippen molar-refractivity contribution < 1.29 is 4.21 Å². The molecule has 1 rings (SSSR count). The minimum atomic E-state index is -0.825. The molecule has 1 atom stereocenters. The Morgan fingerprint density at radius 3 is 2.62 bits per heavy atom. The van der Waals surface area contributed by atoms with Gasteiger partial charge >= 0.3 is 0 Å². The summed E-state index contributed by atoms with van der Waals surface area (Å²) in [5.41, 5.74) is 0. The van der Waals surface area contributed by atoms with Crippen LogP contribution in [-0.2, 0) is 10.8 Å². The Labute approximate surface area is 81.8 Å². The quantitative estimate of drug-likeness (QED) is 0.723. The summed E-state index contributed by atoms with van der Waals surface area (Å²) in [7, 11) is 1.08. The van der Waals surface area contributed by atoms with Gasteiger partial charge in [-0.05, 0) is 32.1 Å². The van der Waals surface area contributed by atoms with E-state index in [1.807, 2.05) is 37.4 Å². The first-order valence-electron chi connectivity index (χ1n) is 4.42. The van der Waals surface area contributed by atoms with E-state index in [0.717, 1.165) is 23.6 Å². The standard InChI is InChI=1S/C10H15NOS/c1-11-8-5-9-13(12)10-6-3-2-4-7-10/h2-4,6-7,11H,5,8-9H2,1H3. The average Bonchev–Trinajstić information content (AvgIpc) is 2.19. The predicted octanol–water partition coefficient (Wildman–Crippen LogP) is 1.40. The van der Waals surface area contributed by atoms with Crippen LogP contribution in [0.2, 0.25) is 0 Å². The van der Waals surface area contributed by atoms with E-state index in [1.165, 1.54) is 0 Å². The van der Waals surface area contributed by atoms with Crippen molar-refractivity contribution in [1.29, 1.82) is 0 Å². The van der Waals surface area contributed by atoms with Gasteiger partial charge in [0, 0.05) is 10.6 Å². The SMILES string of the molecule is CNCCCS(=O)c1ccccc1. The minimum Gasteiger partial charge on any atom is -0.320 e. The fraction of sp³-hybridized carbons (Fsp3) is 0.400. The maximum atomic E-state index is 11.6. The smallest absolute Gasteiger partial charge is 0.0529 e. The summed E-state index contributed by atoms with van der Waals surface area (Å²) >= 11 is 0. The van der Waals surface area contributed by atoms with Gasteiger partial charge in [-0.2, -0.15) is 0 Å². The zero-order valence-corrected chi connectivity index (χ0v) is 8.64. The van der Waals surface area contributed by atoms with Gasteiger partial charge in [0.25, 0.3) is 0 Å². The molecule has 1 unspecified atom stereocenters. The van der Waals surface area contributed by atoms with E-state index in [0.29, 0.717) is 0 Å². The highest BCUT2D eigenvalue weighted by Gasteiger charge is 2.00. The van der Waals surface area contributed by atoms with Crippen LogP contribution in [-0.4, -0.2) is 23.6 Å². The summed E-state index contributed by atoms with van der Waals surface area (Å²) in [6.07, 6.45) is 0.956. The molecule has 0 spiro atoms. The molecule has 2 nitrogen and oxygen atoms in total.